The molecule has 3 heterocycles. The minimum absolute atomic E-state index is 0.0215. The van der Waals surface area contributed by atoms with Crippen molar-refractivity contribution in [1.29, 1.82) is 0 Å². The maximum absolute atomic E-state index is 13.1. The summed E-state index contributed by atoms with van der Waals surface area (Å²) in [5.74, 6) is -1.19. The van der Waals surface area contributed by atoms with Crippen molar-refractivity contribution in [1.82, 2.24) is 24.6 Å². The highest BCUT2D eigenvalue weighted by atomic mass is 19.4. The number of halogens is 3. The molecule has 0 atom stereocenters. The van der Waals surface area contributed by atoms with Crippen LogP contribution in [-0.2, 0) is 6.18 Å². The molecule has 0 N–H and O–H groups in total. The minimum Gasteiger partial charge on any atom is -0.471 e. The zero-order valence-electron chi connectivity index (χ0n) is 11.4. The van der Waals surface area contributed by atoms with Crippen LogP contribution in [0.25, 0.3) is 16.8 Å². The first-order valence-corrected chi connectivity index (χ1v) is 6.33. The van der Waals surface area contributed by atoms with Gasteiger partial charge in [-0.2, -0.15) is 13.2 Å². The van der Waals surface area contributed by atoms with Crippen LogP contribution >= 0.6 is 0 Å². The maximum Gasteiger partial charge on any atom is 0.452 e. The van der Waals surface area contributed by atoms with Crippen molar-refractivity contribution in [2.75, 3.05) is 6.61 Å². The van der Waals surface area contributed by atoms with E-state index in [0.717, 1.165) is 4.40 Å². The predicted octanol–water partition coefficient (Wildman–Crippen LogP) is 2.65. The normalized spacial score (nSPS) is 12.5. The summed E-state index contributed by atoms with van der Waals surface area (Å²) in [6.07, 6.45) is 0.174. The Morgan fingerprint density at radius 2 is 2.09 bits per heavy atom. The summed E-state index contributed by atoms with van der Waals surface area (Å²) in [7, 11) is 0. The van der Waals surface area contributed by atoms with Crippen LogP contribution in [0.5, 0.6) is 5.88 Å². The van der Waals surface area contributed by atoms with Crippen molar-refractivity contribution in [2.24, 2.45) is 0 Å². The summed E-state index contributed by atoms with van der Waals surface area (Å²) in [5, 5.41) is 6.77. The molecule has 114 valence electrons. The number of hydrogen-bond donors (Lipinski definition) is 0. The van der Waals surface area contributed by atoms with Crippen LogP contribution in [0.2, 0.25) is 0 Å². The largest absolute Gasteiger partial charge is 0.471 e. The van der Waals surface area contributed by atoms with Crippen LogP contribution < -0.4 is 4.74 Å². The van der Waals surface area contributed by atoms with Gasteiger partial charge in [0.05, 0.1) is 0 Å². The second-order valence-corrected chi connectivity index (χ2v) is 4.32. The number of ether oxygens (including phenoxy) is 1. The number of aromatic nitrogens is 5. The van der Waals surface area contributed by atoms with E-state index in [4.69, 9.17) is 4.74 Å². The number of fused-ring (bicyclic) bond motifs is 3. The lowest BCUT2D eigenvalue weighted by Crippen LogP contribution is -2.12. The van der Waals surface area contributed by atoms with Gasteiger partial charge in [0.25, 0.3) is 5.88 Å². The lowest BCUT2D eigenvalue weighted by atomic mass is 10.4. The highest BCUT2D eigenvalue weighted by Crippen LogP contribution is 2.31. The Kier molecular flexibility index (Phi) is 3.39. The first-order chi connectivity index (χ1) is 10.5. The van der Waals surface area contributed by atoms with E-state index in [2.05, 4.69) is 20.2 Å². The van der Waals surface area contributed by atoms with Crippen LogP contribution in [-0.4, -0.2) is 31.2 Å². The van der Waals surface area contributed by atoms with Gasteiger partial charge >= 0.3 is 6.18 Å². The average Bonchev–Trinajstić information content (AvgIpc) is 2.93. The fourth-order valence-corrected chi connectivity index (χ4v) is 1.93. The van der Waals surface area contributed by atoms with Crippen LogP contribution in [0, 0.1) is 0 Å². The number of nitrogens with zero attached hydrogens (tertiary/aromatic N) is 5. The first-order valence-electron chi connectivity index (χ1n) is 6.33. The average molecular weight is 309 g/mol. The van der Waals surface area contributed by atoms with Crippen molar-refractivity contribution in [3.05, 3.63) is 36.3 Å². The zero-order valence-corrected chi connectivity index (χ0v) is 11.4. The smallest absolute Gasteiger partial charge is 0.452 e. The molecule has 3 aromatic heterocycles. The van der Waals surface area contributed by atoms with Gasteiger partial charge in [0.1, 0.15) is 12.1 Å². The van der Waals surface area contributed by atoms with E-state index >= 15 is 0 Å². The Morgan fingerprint density at radius 3 is 2.82 bits per heavy atom. The van der Waals surface area contributed by atoms with Crippen LogP contribution in [0.4, 0.5) is 13.2 Å². The Balaban J connectivity index is 2.30. The van der Waals surface area contributed by atoms with Gasteiger partial charge in [-0.15, -0.1) is 10.2 Å². The van der Waals surface area contributed by atoms with E-state index in [-0.39, 0.29) is 29.3 Å². The summed E-state index contributed by atoms with van der Waals surface area (Å²) in [5.41, 5.74) is 0.159. The van der Waals surface area contributed by atoms with Crippen LogP contribution in [0.3, 0.4) is 0 Å². The van der Waals surface area contributed by atoms with Gasteiger partial charge < -0.3 is 4.74 Å². The fraction of sp³-hybridized carbons (Fsp3) is 0.231. The lowest BCUT2D eigenvalue weighted by molar-refractivity contribution is -0.145. The summed E-state index contributed by atoms with van der Waals surface area (Å²) in [4.78, 5) is 8.11. The molecule has 22 heavy (non-hydrogen) atoms. The van der Waals surface area contributed by atoms with Crippen LogP contribution in [0.15, 0.2) is 30.5 Å². The Bertz CT molecular complexity index is 856. The number of rotatable bonds is 3. The molecule has 0 fully saturated rings. The quantitative estimate of drug-likeness (QED) is 0.696. The monoisotopic (exact) mass is 309 g/mol. The SMILES string of the molecule is C/C=C/COc1nc2cccnc2n2c(C(F)(F)F)nnc12. The molecular weight excluding hydrogens is 299 g/mol. The van der Waals surface area contributed by atoms with Crippen molar-refractivity contribution in [3.8, 4) is 5.88 Å². The lowest BCUT2D eigenvalue weighted by Gasteiger charge is -2.09. The zero-order chi connectivity index (χ0) is 15.7. The van der Waals surface area contributed by atoms with Gasteiger partial charge in [-0.1, -0.05) is 12.2 Å². The number of allylic oxidation sites excluding steroid dienone is 1. The van der Waals surface area contributed by atoms with Gasteiger partial charge in [0, 0.05) is 6.20 Å². The van der Waals surface area contributed by atoms with E-state index in [1.54, 1.807) is 31.2 Å². The first kappa shape index (κ1) is 14.2. The van der Waals surface area contributed by atoms with E-state index in [1.807, 2.05) is 0 Å². The number of pyridine rings is 1. The predicted molar refractivity (Wildman–Crippen MR) is 71.4 cm³/mol. The number of alkyl halides is 3. The third-order valence-corrected chi connectivity index (χ3v) is 2.86. The Morgan fingerprint density at radius 1 is 1.27 bits per heavy atom. The third kappa shape index (κ3) is 2.34. The van der Waals surface area contributed by atoms with Gasteiger partial charge in [-0.3, -0.25) is 0 Å². The van der Waals surface area contributed by atoms with Gasteiger partial charge in [0.2, 0.25) is 11.5 Å². The molecule has 6 nitrogen and oxygen atoms in total. The molecule has 9 heteroatoms. The number of hydrogen-bond acceptors (Lipinski definition) is 5. The highest BCUT2D eigenvalue weighted by Gasteiger charge is 2.38. The summed E-state index contributed by atoms with van der Waals surface area (Å²) < 4.78 is 45.5. The fourth-order valence-electron chi connectivity index (χ4n) is 1.93. The molecule has 0 radical (unpaired) electrons. The molecule has 0 aliphatic carbocycles. The molecule has 3 rings (SSSR count). The molecule has 0 amide bonds. The summed E-state index contributed by atoms with van der Waals surface area (Å²) in [6, 6.07) is 3.12. The molecule has 3 aromatic rings. The highest BCUT2D eigenvalue weighted by molar-refractivity contribution is 5.76. The standard InChI is InChI=1S/C13H10F3N5O/c1-2-3-7-22-11-10-19-20-12(13(14,15)16)21(10)9-8(18-11)5-4-6-17-9/h2-6H,7H2,1H3/b3-2+. The van der Waals surface area contributed by atoms with Crippen LogP contribution in [0.1, 0.15) is 12.7 Å². The van der Waals surface area contributed by atoms with E-state index in [1.165, 1.54) is 6.20 Å². The molecule has 0 saturated heterocycles. The van der Waals surface area contributed by atoms with Crippen molar-refractivity contribution >= 4 is 16.8 Å². The molecule has 0 unspecified atom stereocenters. The molecule has 0 aromatic carbocycles. The van der Waals surface area contributed by atoms with Gasteiger partial charge in [0.15, 0.2) is 5.65 Å². The van der Waals surface area contributed by atoms with Gasteiger partial charge in [-0.05, 0) is 19.1 Å². The van der Waals surface area contributed by atoms with E-state index in [9.17, 15) is 13.2 Å². The Labute approximate surface area is 122 Å². The minimum atomic E-state index is -4.66. The van der Waals surface area contributed by atoms with Crippen molar-refractivity contribution < 1.29 is 17.9 Å². The molecule has 0 aliphatic rings. The van der Waals surface area contributed by atoms with Crippen molar-refractivity contribution in [3.63, 3.8) is 0 Å². The molecule has 0 spiro atoms. The van der Waals surface area contributed by atoms with E-state index in [0.29, 0.717) is 0 Å². The second kappa shape index (κ2) is 5.24. The van der Waals surface area contributed by atoms with Crippen molar-refractivity contribution in [2.45, 2.75) is 13.1 Å². The second-order valence-electron chi connectivity index (χ2n) is 4.32. The topological polar surface area (TPSA) is 65.2 Å². The molecule has 0 bridgehead atoms. The third-order valence-electron chi connectivity index (χ3n) is 2.86. The Hall–Kier alpha value is -2.71. The molecular formula is C13H10F3N5O. The summed E-state index contributed by atoms with van der Waals surface area (Å²) in [6.45, 7) is 1.97. The van der Waals surface area contributed by atoms with Gasteiger partial charge in [-0.25, -0.2) is 14.4 Å². The maximum atomic E-state index is 13.1. The summed E-state index contributed by atoms with van der Waals surface area (Å²) >= 11 is 0. The molecule has 0 saturated carbocycles. The molecule has 0 aliphatic heterocycles. The van der Waals surface area contributed by atoms with E-state index < -0.39 is 12.0 Å².